The van der Waals surface area contributed by atoms with Crippen LogP contribution in [0.25, 0.3) is 0 Å². The Morgan fingerprint density at radius 3 is 2.03 bits per heavy atom. The topological polar surface area (TPSA) is 101 Å². The lowest BCUT2D eigenvalue weighted by atomic mass is 10.1. The van der Waals surface area contributed by atoms with Crippen LogP contribution in [-0.4, -0.2) is 45.7 Å². The summed E-state index contributed by atoms with van der Waals surface area (Å²) in [5.41, 5.74) is 0.306. The van der Waals surface area contributed by atoms with Crippen molar-refractivity contribution in [1.82, 2.24) is 9.80 Å². The van der Waals surface area contributed by atoms with Crippen LogP contribution < -0.4 is 0 Å². The number of ether oxygens (including phenoxy) is 1. The van der Waals surface area contributed by atoms with E-state index in [2.05, 4.69) is 6.92 Å². The van der Waals surface area contributed by atoms with Crippen molar-refractivity contribution in [2.45, 2.75) is 71.1 Å². The first-order chi connectivity index (χ1) is 14.5. The van der Waals surface area contributed by atoms with Crippen LogP contribution in [0.2, 0.25) is 0 Å². The number of hydrogen-bond acceptors (Lipinski definition) is 6. The predicted molar refractivity (Wildman–Crippen MR) is 106 cm³/mol. The number of fused-ring (bicyclic) bond motifs is 1. The zero-order valence-corrected chi connectivity index (χ0v) is 17.1. The van der Waals surface area contributed by atoms with Crippen molar-refractivity contribution in [3.8, 4) is 0 Å². The van der Waals surface area contributed by atoms with Gasteiger partial charge < -0.3 is 4.74 Å². The molecule has 0 N–H and O–H groups in total. The average molecular weight is 414 g/mol. The Balaban J connectivity index is 1.81. The van der Waals surface area contributed by atoms with E-state index in [4.69, 9.17) is 4.74 Å². The Hall–Kier alpha value is -3.03. The summed E-state index contributed by atoms with van der Waals surface area (Å²) >= 11 is 0. The van der Waals surface area contributed by atoms with E-state index in [-0.39, 0.29) is 30.4 Å². The molecule has 1 aromatic rings. The quantitative estimate of drug-likeness (QED) is 0.350. The number of carbonyl (C=O) groups is 5. The molecule has 0 saturated carbocycles. The molecule has 0 spiro atoms. The second kappa shape index (κ2) is 9.65. The van der Waals surface area contributed by atoms with Crippen molar-refractivity contribution in [3.63, 3.8) is 0 Å². The number of carbonyl (C=O) groups excluding carboxylic acids is 5. The van der Waals surface area contributed by atoms with Crippen molar-refractivity contribution in [2.75, 3.05) is 0 Å². The summed E-state index contributed by atoms with van der Waals surface area (Å²) in [6, 6.07) is 6.20. The van der Waals surface area contributed by atoms with Gasteiger partial charge in [-0.15, -0.1) is 0 Å². The lowest BCUT2D eigenvalue weighted by molar-refractivity contribution is -0.184. The zero-order chi connectivity index (χ0) is 21.7. The van der Waals surface area contributed by atoms with Gasteiger partial charge in [0.1, 0.15) is 0 Å². The number of esters is 1. The number of hydrogen-bond donors (Lipinski definition) is 0. The van der Waals surface area contributed by atoms with Crippen LogP contribution in [0, 0.1) is 0 Å². The first-order valence-electron chi connectivity index (χ1n) is 10.5. The van der Waals surface area contributed by atoms with E-state index in [1.54, 1.807) is 12.1 Å². The number of amides is 4. The summed E-state index contributed by atoms with van der Waals surface area (Å²) in [6.45, 7) is 2.09. The van der Waals surface area contributed by atoms with Crippen LogP contribution in [0.5, 0.6) is 0 Å². The van der Waals surface area contributed by atoms with Gasteiger partial charge in [-0.05, 0) is 25.0 Å². The maximum atomic E-state index is 12.9. The summed E-state index contributed by atoms with van der Waals surface area (Å²) in [7, 11) is 0. The Morgan fingerprint density at radius 2 is 1.47 bits per heavy atom. The molecule has 2 aliphatic heterocycles. The van der Waals surface area contributed by atoms with Gasteiger partial charge in [-0.1, -0.05) is 44.7 Å². The van der Waals surface area contributed by atoms with Crippen LogP contribution in [0.15, 0.2) is 24.3 Å². The highest BCUT2D eigenvalue weighted by molar-refractivity contribution is 6.21. The lowest BCUT2D eigenvalue weighted by Gasteiger charge is -2.35. The SMILES string of the molecule is CCCCCCCC(=O)OC(N1C(=O)CCCC1=O)N1C(=O)c2ccccc2C1=O. The molecule has 160 valence electrons. The second-order valence-corrected chi connectivity index (χ2v) is 7.52. The monoisotopic (exact) mass is 414 g/mol. The van der Waals surface area contributed by atoms with E-state index in [0.717, 1.165) is 30.6 Å². The van der Waals surface area contributed by atoms with Gasteiger partial charge in [-0.25, -0.2) is 9.80 Å². The Bertz CT molecular complexity index is 814. The van der Waals surface area contributed by atoms with Crippen LogP contribution >= 0.6 is 0 Å². The number of nitrogens with zero attached hydrogens (tertiary/aromatic N) is 2. The van der Waals surface area contributed by atoms with Crippen molar-refractivity contribution in [1.29, 1.82) is 0 Å². The molecule has 30 heavy (non-hydrogen) atoms. The zero-order valence-electron chi connectivity index (χ0n) is 17.1. The second-order valence-electron chi connectivity index (χ2n) is 7.52. The molecule has 1 fully saturated rings. The number of likely N-dealkylation sites (tertiary alicyclic amines) is 1. The summed E-state index contributed by atoms with van der Waals surface area (Å²) < 4.78 is 5.42. The normalized spacial score (nSPS) is 17.4. The van der Waals surface area contributed by atoms with Crippen LogP contribution in [0.1, 0.15) is 85.4 Å². The number of piperidine rings is 1. The molecule has 4 amide bonds. The van der Waals surface area contributed by atoms with E-state index in [1.165, 1.54) is 12.1 Å². The largest absolute Gasteiger partial charge is 0.421 e. The molecule has 1 aromatic carbocycles. The summed E-state index contributed by atoms with van der Waals surface area (Å²) in [5.74, 6) is -3.17. The van der Waals surface area contributed by atoms with E-state index in [0.29, 0.717) is 17.7 Å². The molecule has 2 heterocycles. The maximum absolute atomic E-state index is 12.9. The molecule has 2 aliphatic rings. The van der Waals surface area contributed by atoms with Crippen molar-refractivity contribution in [3.05, 3.63) is 35.4 Å². The van der Waals surface area contributed by atoms with Crippen LogP contribution in [0.3, 0.4) is 0 Å². The molecule has 8 nitrogen and oxygen atoms in total. The maximum Gasteiger partial charge on any atom is 0.309 e. The van der Waals surface area contributed by atoms with Crippen molar-refractivity contribution >= 4 is 29.6 Å². The molecule has 0 radical (unpaired) electrons. The molecule has 8 heteroatoms. The number of benzene rings is 1. The fourth-order valence-electron chi connectivity index (χ4n) is 3.70. The van der Waals surface area contributed by atoms with Gasteiger partial charge in [-0.2, -0.15) is 0 Å². The average Bonchev–Trinajstić information content (AvgIpc) is 2.97. The van der Waals surface area contributed by atoms with Gasteiger partial charge in [0, 0.05) is 19.3 Å². The van der Waals surface area contributed by atoms with Gasteiger partial charge in [0.05, 0.1) is 11.1 Å². The molecular formula is C22H26N2O6. The third kappa shape index (κ3) is 4.42. The smallest absolute Gasteiger partial charge is 0.309 e. The Kier molecular flexibility index (Phi) is 6.97. The lowest BCUT2D eigenvalue weighted by Crippen LogP contribution is -2.58. The van der Waals surface area contributed by atoms with Gasteiger partial charge in [0.15, 0.2) is 0 Å². The van der Waals surface area contributed by atoms with Crippen LogP contribution in [-0.2, 0) is 19.1 Å². The molecule has 1 unspecified atom stereocenters. The van der Waals surface area contributed by atoms with Gasteiger partial charge in [0.25, 0.3) is 18.2 Å². The van der Waals surface area contributed by atoms with E-state index in [1.807, 2.05) is 0 Å². The minimum atomic E-state index is -1.69. The summed E-state index contributed by atoms with van der Waals surface area (Å²) in [5, 5.41) is 0. The van der Waals surface area contributed by atoms with E-state index < -0.39 is 35.9 Å². The Labute approximate surface area is 175 Å². The number of rotatable bonds is 9. The standard InChI is InChI=1S/C22H26N2O6/c1-2-3-4-5-6-14-19(27)30-22(23-17(25)12-9-13-18(23)26)24-20(28)15-10-7-8-11-16(15)21(24)29/h7-8,10-11,22H,2-6,9,12-14H2,1H3. The third-order valence-corrected chi connectivity index (χ3v) is 5.31. The van der Waals surface area contributed by atoms with Gasteiger partial charge in [0.2, 0.25) is 11.8 Å². The van der Waals surface area contributed by atoms with Crippen LogP contribution in [0.4, 0.5) is 0 Å². The van der Waals surface area contributed by atoms with Gasteiger partial charge >= 0.3 is 5.97 Å². The molecule has 0 aromatic heterocycles. The Morgan fingerprint density at radius 1 is 0.900 bits per heavy atom. The molecule has 1 saturated heterocycles. The minimum absolute atomic E-state index is 0.0829. The molecule has 1 atom stereocenters. The predicted octanol–water partition coefficient (Wildman–Crippen LogP) is 3.01. The van der Waals surface area contributed by atoms with E-state index >= 15 is 0 Å². The molecular weight excluding hydrogens is 388 g/mol. The fourth-order valence-corrected chi connectivity index (χ4v) is 3.70. The van der Waals surface area contributed by atoms with Crippen molar-refractivity contribution in [2.24, 2.45) is 0 Å². The summed E-state index contributed by atoms with van der Waals surface area (Å²) in [4.78, 5) is 64.6. The molecule has 0 bridgehead atoms. The summed E-state index contributed by atoms with van der Waals surface area (Å²) in [6.07, 6.45) is 3.52. The van der Waals surface area contributed by atoms with Crippen molar-refractivity contribution < 1.29 is 28.7 Å². The highest BCUT2D eigenvalue weighted by Crippen LogP contribution is 2.28. The first kappa shape index (κ1) is 21.7. The third-order valence-electron chi connectivity index (χ3n) is 5.31. The molecule has 3 rings (SSSR count). The number of imide groups is 2. The molecule has 0 aliphatic carbocycles. The minimum Gasteiger partial charge on any atom is -0.421 e. The van der Waals surface area contributed by atoms with E-state index in [9.17, 15) is 24.0 Å². The first-order valence-corrected chi connectivity index (χ1v) is 10.5. The van der Waals surface area contributed by atoms with Gasteiger partial charge in [-0.3, -0.25) is 24.0 Å². The highest BCUT2D eigenvalue weighted by atomic mass is 16.6. The fraction of sp³-hybridized carbons (Fsp3) is 0.500. The number of unbranched alkanes of at least 4 members (excludes halogenated alkanes) is 4. The highest BCUT2D eigenvalue weighted by Gasteiger charge is 2.47.